The number of amides is 1. The van der Waals surface area contributed by atoms with Crippen molar-refractivity contribution in [2.24, 2.45) is 7.05 Å². The third-order valence-corrected chi connectivity index (χ3v) is 6.75. The molecule has 166 valence electrons. The van der Waals surface area contributed by atoms with E-state index in [2.05, 4.69) is 10.0 Å². The molecule has 3 rings (SSSR count). The van der Waals surface area contributed by atoms with Crippen LogP contribution >= 0.6 is 11.8 Å². The Kier molecular flexibility index (Phi) is 7.08. The second-order valence-electron chi connectivity index (χ2n) is 6.73. The fourth-order valence-electron chi connectivity index (χ4n) is 2.95. The van der Waals surface area contributed by atoms with E-state index in [1.807, 2.05) is 6.26 Å². The van der Waals surface area contributed by atoms with Crippen LogP contribution in [0.5, 0.6) is 5.75 Å². The van der Waals surface area contributed by atoms with E-state index in [-0.39, 0.29) is 10.5 Å². The van der Waals surface area contributed by atoms with Crippen LogP contribution in [0.4, 0.5) is 5.69 Å². The lowest BCUT2D eigenvalue weighted by molar-refractivity contribution is -0.117. The monoisotopic (exact) mass is 465 g/mol. The molecule has 0 aliphatic heterocycles. The molecule has 0 saturated heterocycles. The van der Waals surface area contributed by atoms with Crippen LogP contribution in [0.1, 0.15) is 6.42 Å². The van der Waals surface area contributed by atoms with E-state index < -0.39 is 27.7 Å². The van der Waals surface area contributed by atoms with Crippen molar-refractivity contribution in [2.75, 3.05) is 24.4 Å². The Morgan fingerprint density at radius 2 is 2.03 bits per heavy atom. The Morgan fingerprint density at radius 3 is 2.74 bits per heavy atom. The highest BCUT2D eigenvalue weighted by atomic mass is 32.2. The maximum absolute atomic E-state index is 13.0. The van der Waals surface area contributed by atoms with E-state index in [1.165, 1.54) is 48.7 Å². The van der Waals surface area contributed by atoms with Crippen molar-refractivity contribution in [3.8, 4) is 5.75 Å². The van der Waals surface area contributed by atoms with E-state index in [0.29, 0.717) is 29.1 Å². The molecule has 11 heteroatoms. The highest BCUT2D eigenvalue weighted by molar-refractivity contribution is 7.98. The molecule has 0 radical (unpaired) electrons. The summed E-state index contributed by atoms with van der Waals surface area (Å²) in [6, 6.07) is 9.91. The number of hydrogen-bond donors (Lipinski definition) is 2. The zero-order chi connectivity index (χ0) is 22.6. The van der Waals surface area contributed by atoms with Crippen LogP contribution in [0.3, 0.4) is 0 Å². The number of hydrogen-bond acceptors (Lipinski definition) is 7. The Bertz CT molecular complexity index is 1250. The number of aromatic nitrogens is 1. The largest absolute Gasteiger partial charge is 0.497 e. The first-order valence-electron chi connectivity index (χ1n) is 9.31. The van der Waals surface area contributed by atoms with Gasteiger partial charge in [0.15, 0.2) is 5.58 Å². The number of anilines is 1. The van der Waals surface area contributed by atoms with Crippen LogP contribution < -0.4 is 20.5 Å². The zero-order valence-corrected chi connectivity index (χ0v) is 18.9. The third kappa shape index (κ3) is 5.30. The van der Waals surface area contributed by atoms with Gasteiger partial charge >= 0.3 is 5.76 Å². The van der Waals surface area contributed by atoms with Crippen molar-refractivity contribution in [1.29, 1.82) is 0 Å². The molecular weight excluding hydrogens is 442 g/mol. The molecule has 0 aliphatic rings. The van der Waals surface area contributed by atoms with Crippen molar-refractivity contribution in [3.05, 3.63) is 53.0 Å². The van der Waals surface area contributed by atoms with Gasteiger partial charge in [0.1, 0.15) is 11.8 Å². The fraction of sp³-hybridized carbons (Fsp3) is 0.300. The molecule has 1 heterocycles. The molecule has 1 atom stereocenters. The maximum Gasteiger partial charge on any atom is 0.419 e. The van der Waals surface area contributed by atoms with Gasteiger partial charge in [-0.2, -0.15) is 16.5 Å². The second kappa shape index (κ2) is 9.58. The lowest BCUT2D eigenvalue weighted by Crippen LogP contribution is -2.44. The number of methoxy groups -OCH3 is 1. The van der Waals surface area contributed by atoms with E-state index in [4.69, 9.17) is 9.15 Å². The van der Waals surface area contributed by atoms with Gasteiger partial charge in [0.25, 0.3) is 0 Å². The predicted octanol–water partition coefficient (Wildman–Crippen LogP) is 2.18. The number of carbonyl (C=O) groups excluding carboxylic acids is 1. The van der Waals surface area contributed by atoms with Gasteiger partial charge in [-0.25, -0.2) is 13.2 Å². The van der Waals surface area contributed by atoms with Crippen LogP contribution in [0.15, 0.2) is 56.6 Å². The summed E-state index contributed by atoms with van der Waals surface area (Å²) in [6.07, 6.45) is 2.16. The normalized spacial score (nSPS) is 12.6. The molecular formula is C20H23N3O6S2. The van der Waals surface area contributed by atoms with Crippen LogP contribution in [0.2, 0.25) is 0 Å². The van der Waals surface area contributed by atoms with Crippen molar-refractivity contribution >= 4 is 44.5 Å². The average molecular weight is 466 g/mol. The Morgan fingerprint density at radius 1 is 1.26 bits per heavy atom. The molecule has 2 N–H and O–H groups in total. The van der Waals surface area contributed by atoms with Crippen LogP contribution in [0, 0.1) is 0 Å². The summed E-state index contributed by atoms with van der Waals surface area (Å²) < 4.78 is 39.9. The molecule has 9 nitrogen and oxygen atoms in total. The molecule has 0 fully saturated rings. The van der Waals surface area contributed by atoms with Gasteiger partial charge in [0.2, 0.25) is 15.9 Å². The number of aryl methyl sites for hydroxylation is 1. The number of oxazole rings is 1. The summed E-state index contributed by atoms with van der Waals surface area (Å²) in [5, 5.41) is 2.72. The third-order valence-electron chi connectivity index (χ3n) is 4.64. The Labute approximate surface area is 183 Å². The maximum atomic E-state index is 13.0. The molecule has 3 aromatic rings. The summed E-state index contributed by atoms with van der Waals surface area (Å²) in [5.74, 6) is 0.0635. The number of nitrogens with one attached hydrogen (secondary N) is 2. The van der Waals surface area contributed by atoms with E-state index >= 15 is 0 Å². The van der Waals surface area contributed by atoms with Gasteiger partial charge in [-0.1, -0.05) is 6.07 Å². The zero-order valence-electron chi connectivity index (χ0n) is 17.2. The molecule has 0 spiro atoms. The summed E-state index contributed by atoms with van der Waals surface area (Å²) in [7, 11) is -1.01. The van der Waals surface area contributed by atoms with Gasteiger partial charge in [-0.05, 0) is 42.7 Å². The molecule has 1 amide bonds. The second-order valence-corrected chi connectivity index (χ2v) is 9.43. The van der Waals surface area contributed by atoms with Crippen molar-refractivity contribution in [3.63, 3.8) is 0 Å². The quantitative estimate of drug-likeness (QED) is 0.497. The first kappa shape index (κ1) is 22.9. The fourth-order valence-corrected chi connectivity index (χ4v) is 4.66. The minimum absolute atomic E-state index is 0.0994. The first-order valence-corrected chi connectivity index (χ1v) is 12.2. The number of benzene rings is 2. The van der Waals surface area contributed by atoms with Crippen molar-refractivity contribution in [1.82, 2.24) is 9.29 Å². The Hall–Kier alpha value is -2.76. The van der Waals surface area contributed by atoms with Gasteiger partial charge in [0.05, 0.1) is 17.5 Å². The molecule has 0 bridgehead atoms. The van der Waals surface area contributed by atoms with Gasteiger partial charge in [0, 0.05) is 24.9 Å². The Balaban J connectivity index is 1.84. The number of sulfonamides is 1. The molecule has 2 aromatic carbocycles. The van der Waals surface area contributed by atoms with Gasteiger partial charge in [-0.15, -0.1) is 0 Å². The smallest absolute Gasteiger partial charge is 0.419 e. The molecule has 1 aromatic heterocycles. The number of carbonyl (C=O) groups is 1. The number of rotatable bonds is 9. The molecule has 0 saturated carbocycles. The molecule has 31 heavy (non-hydrogen) atoms. The van der Waals surface area contributed by atoms with Crippen molar-refractivity contribution < 1.29 is 22.4 Å². The van der Waals surface area contributed by atoms with Gasteiger partial charge < -0.3 is 14.5 Å². The van der Waals surface area contributed by atoms with Crippen molar-refractivity contribution in [2.45, 2.75) is 17.4 Å². The number of fused-ring (bicyclic) bond motifs is 1. The van der Waals surface area contributed by atoms with Gasteiger partial charge in [-0.3, -0.25) is 9.36 Å². The molecule has 1 unspecified atom stereocenters. The van der Waals surface area contributed by atoms with E-state index in [0.717, 1.165) is 0 Å². The summed E-state index contributed by atoms with van der Waals surface area (Å²) in [4.78, 5) is 24.4. The van der Waals surface area contributed by atoms with Crippen LogP contribution in [-0.2, 0) is 21.9 Å². The topological polar surface area (TPSA) is 120 Å². The van der Waals surface area contributed by atoms with E-state index in [9.17, 15) is 18.0 Å². The number of thioether (sulfide) groups is 1. The predicted molar refractivity (Wildman–Crippen MR) is 120 cm³/mol. The summed E-state index contributed by atoms with van der Waals surface area (Å²) >= 11 is 1.50. The van der Waals surface area contributed by atoms with Crippen LogP contribution in [-0.4, -0.2) is 44.1 Å². The highest BCUT2D eigenvalue weighted by Crippen LogP contribution is 2.20. The summed E-state index contributed by atoms with van der Waals surface area (Å²) in [6.45, 7) is 0. The number of ether oxygens (including phenoxy) is 1. The first-order chi connectivity index (χ1) is 14.7. The SMILES string of the molecule is COc1cccc(NC(=O)C(CCSC)NS(=O)(=O)c2ccc3c(c2)oc(=O)n3C)c1. The number of nitrogens with zero attached hydrogens (tertiary/aromatic N) is 1. The van der Waals surface area contributed by atoms with Crippen LogP contribution in [0.25, 0.3) is 11.1 Å². The lowest BCUT2D eigenvalue weighted by Gasteiger charge is -2.18. The minimum Gasteiger partial charge on any atom is -0.497 e. The average Bonchev–Trinajstić information content (AvgIpc) is 3.04. The standard InChI is InChI=1S/C20H23N3O6S2/c1-23-17-8-7-15(12-18(17)29-20(23)25)31(26,27)22-16(9-10-30-3)19(24)21-13-5-4-6-14(11-13)28-2/h4-8,11-12,16,22H,9-10H2,1-3H3,(H,21,24). The minimum atomic E-state index is -4.05. The summed E-state index contributed by atoms with van der Waals surface area (Å²) in [5.41, 5.74) is 1.11. The highest BCUT2D eigenvalue weighted by Gasteiger charge is 2.26. The lowest BCUT2D eigenvalue weighted by atomic mass is 10.2. The molecule has 0 aliphatic carbocycles. The van der Waals surface area contributed by atoms with E-state index in [1.54, 1.807) is 24.3 Å².